The molecule has 0 saturated heterocycles. The number of ketones is 1. The highest BCUT2D eigenvalue weighted by atomic mass is 16.1. The van der Waals surface area contributed by atoms with Gasteiger partial charge in [-0.05, 0) is 54.1 Å². The Labute approximate surface area is 142 Å². The number of rotatable bonds is 6. The molecule has 0 aromatic carbocycles. The van der Waals surface area contributed by atoms with Crippen LogP contribution < -0.4 is 0 Å². The molecule has 2 aliphatic rings. The molecular formula is C22H32O. The van der Waals surface area contributed by atoms with E-state index in [1.54, 1.807) is 0 Å². The lowest BCUT2D eigenvalue weighted by atomic mass is 9.64. The Morgan fingerprint density at radius 3 is 2.61 bits per heavy atom. The van der Waals surface area contributed by atoms with Gasteiger partial charge in [0.05, 0.1) is 0 Å². The number of carbonyl (C=O) groups excluding carboxylic acids is 1. The zero-order valence-electron chi connectivity index (χ0n) is 15.4. The summed E-state index contributed by atoms with van der Waals surface area (Å²) in [6.07, 6.45) is 12.0. The Morgan fingerprint density at radius 2 is 2.04 bits per heavy atom. The minimum Gasteiger partial charge on any atom is -0.294 e. The van der Waals surface area contributed by atoms with Crippen LogP contribution in [-0.2, 0) is 4.79 Å². The molecule has 1 nitrogen and oxygen atoms in total. The molecule has 2 aliphatic carbocycles. The summed E-state index contributed by atoms with van der Waals surface area (Å²) in [5.41, 5.74) is 3.72. The van der Waals surface area contributed by atoms with E-state index in [0.717, 1.165) is 24.8 Å². The number of carbonyl (C=O) groups is 1. The molecule has 0 aliphatic heterocycles. The fourth-order valence-corrected chi connectivity index (χ4v) is 4.02. The maximum Gasteiger partial charge on any atom is 0.165 e. The van der Waals surface area contributed by atoms with Gasteiger partial charge >= 0.3 is 0 Å². The second kappa shape index (κ2) is 7.47. The molecule has 2 rings (SSSR count). The van der Waals surface area contributed by atoms with Crippen molar-refractivity contribution in [2.45, 2.75) is 53.9 Å². The van der Waals surface area contributed by atoms with Gasteiger partial charge in [0.25, 0.3) is 0 Å². The first-order valence-corrected chi connectivity index (χ1v) is 9.21. The molecule has 0 aromatic rings. The van der Waals surface area contributed by atoms with Crippen molar-refractivity contribution in [2.24, 2.45) is 29.6 Å². The first kappa shape index (κ1) is 18.0. The molecule has 0 N–H and O–H groups in total. The van der Waals surface area contributed by atoms with E-state index in [1.165, 1.54) is 11.1 Å². The molecule has 0 spiro atoms. The third-order valence-electron chi connectivity index (χ3n) is 5.92. The molecule has 23 heavy (non-hydrogen) atoms. The average molecular weight is 312 g/mol. The minimum absolute atomic E-state index is 0.0883. The van der Waals surface area contributed by atoms with Gasteiger partial charge in [0.15, 0.2) is 5.78 Å². The van der Waals surface area contributed by atoms with E-state index in [1.807, 2.05) is 6.92 Å². The van der Waals surface area contributed by atoms with Gasteiger partial charge in [-0.1, -0.05) is 71.1 Å². The van der Waals surface area contributed by atoms with E-state index in [4.69, 9.17) is 0 Å². The minimum atomic E-state index is 0.0883. The highest BCUT2D eigenvalue weighted by Crippen LogP contribution is 2.45. The van der Waals surface area contributed by atoms with Gasteiger partial charge in [0, 0.05) is 5.92 Å². The standard InChI is InChI=1S/C22H32O/c1-7-9-18-11-10-15(4)16(5)21(18)17(6)19-12-20(13-19)22(23)14(3)8-2/h9-12,15-17,20-21H,3,7-8,13H2,1-2,4-6H3/b18-9-/t15-,16-,17?,20?,21?/m0/s1. The van der Waals surface area contributed by atoms with Gasteiger partial charge in [-0.15, -0.1) is 0 Å². The lowest BCUT2D eigenvalue weighted by Gasteiger charge is -2.40. The van der Waals surface area contributed by atoms with E-state index < -0.39 is 0 Å². The van der Waals surface area contributed by atoms with Crippen molar-refractivity contribution in [3.63, 3.8) is 0 Å². The van der Waals surface area contributed by atoms with Crippen LogP contribution in [0.3, 0.4) is 0 Å². The zero-order chi connectivity index (χ0) is 17.1. The number of hydrogen-bond donors (Lipinski definition) is 0. The monoisotopic (exact) mass is 312 g/mol. The largest absolute Gasteiger partial charge is 0.294 e. The second-order valence-electron chi connectivity index (χ2n) is 7.38. The van der Waals surface area contributed by atoms with Crippen LogP contribution in [-0.4, -0.2) is 5.78 Å². The van der Waals surface area contributed by atoms with Crippen LogP contribution >= 0.6 is 0 Å². The molecule has 0 bridgehead atoms. The fraction of sp³-hybridized carbons (Fsp3) is 0.591. The van der Waals surface area contributed by atoms with E-state index >= 15 is 0 Å². The van der Waals surface area contributed by atoms with Gasteiger partial charge in [-0.25, -0.2) is 0 Å². The summed E-state index contributed by atoms with van der Waals surface area (Å²) >= 11 is 0. The van der Waals surface area contributed by atoms with E-state index in [9.17, 15) is 4.79 Å². The summed E-state index contributed by atoms with van der Waals surface area (Å²) in [6, 6.07) is 0. The summed E-state index contributed by atoms with van der Waals surface area (Å²) in [7, 11) is 0. The Hall–Kier alpha value is -1.37. The van der Waals surface area contributed by atoms with Crippen LogP contribution in [0.5, 0.6) is 0 Å². The van der Waals surface area contributed by atoms with Crippen LogP contribution in [0.15, 0.2) is 47.6 Å². The molecular weight excluding hydrogens is 280 g/mol. The normalized spacial score (nSPS) is 33.1. The summed E-state index contributed by atoms with van der Waals surface area (Å²) < 4.78 is 0. The Morgan fingerprint density at radius 1 is 1.39 bits per heavy atom. The van der Waals surface area contributed by atoms with E-state index in [2.05, 4.69) is 58.6 Å². The highest BCUT2D eigenvalue weighted by Gasteiger charge is 2.37. The van der Waals surface area contributed by atoms with Crippen molar-refractivity contribution in [3.05, 3.63) is 47.6 Å². The van der Waals surface area contributed by atoms with Crippen molar-refractivity contribution in [2.75, 3.05) is 0 Å². The van der Waals surface area contributed by atoms with Crippen molar-refractivity contribution in [3.8, 4) is 0 Å². The highest BCUT2D eigenvalue weighted by molar-refractivity contribution is 5.98. The van der Waals surface area contributed by atoms with Crippen LogP contribution in [0.1, 0.15) is 53.9 Å². The topological polar surface area (TPSA) is 17.1 Å². The molecule has 0 heterocycles. The molecule has 1 heteroatoms. The first-order valence-electron chi connectivity index (χ1n) is 9.21. The number of Topliss-reactive ketones (excluding diaryl/α,β-unsaturated/α-hetero) is 1. The summed E-state index contributed by atoms with van der Waals surface area (Å²) in [4.78, 5) is 12.2. The maximum absolute atomic E-state index is 12.2. The Kier molecular flexibility index (Phi) is 5.84. The third-order valence-corrected chi connectivity index (χ3v) is 5.92. The third kappa shape index (κ3) is 3.59. The smallest absolute Gasteiger partial charge is 0.165 e. The summed E-state index contributed by atoms with van der Waals surface area (Å²) in [6.45, 7) is 15.1. The Balaban J connectivity index is 2.15. The van der Waals surface area contributed by atoms with Gasteiger partial charge in [0.1, 0.15) is 0 Å². The SMILES string of the molecule is C=C(CC)C(=O)C1C=C(C(C)C2/C(=C\CC)C=C[C@H](C)[C@@H]2C)C1. The van der Waals surface area contributed by atoms with Gasteiger partial charge < -0.3 is 0 Å². The van der Waals surface area contributed by atoms with Crippen LogP contribution in [0.4, 0.5) is 0 Å². The van der Waals surface area contributed by atoms with Crippen LogP contribution in [0.2, 0.25) is 0 Å². The molecule has 126 valence electrons. The van der Waals surface area contributed by atoms with Gasteiger partial charge in [-0.2, -0.15) is 0 Å². The molecule has 5 atom stereocenters. The van der Waals surface area contributed by atoms with E-state index in [0.29, 0.717) is 23.7 Å². The van der Waals surface area contributed by atoms with Crippen molar-refractivity contribution >= 4 is 5.78 Å². The molecule has 0 amide bonds. The molecule has 3 unspecified atom stereocenters. The average Bonchev–Trinajstić information content (AvgIpc) is 2.48. The van der Waals surface area contributed by atoms with Crippen molar-refractivity contribution < 1.29 is 4.79 Å². The van der Waals surface area contributed by atoms with Crippen molar-refractivity contribution in [1.29, 1.82) is 0 Å². The maximum atomic E-state index is 12.2. The first-order chi connectivity index (χ1) is 10.9. The predicted octanol–water partition coefficient (Wildman–Crippen LogP) is 5.90. The summed E-state index contributed by atoms with van der Waals surface area (Å²) in [5, 5.41) is 0. The lowest BCUT2D eigenvalue weighted by molar-refractivity contribution is -0.118. The number of allylic oxidation sites excluding steroid dienone is 7. The fourth-order valence-electron chi connectivity index (χ4n) is 4.02. The van der Waals surface area contributed by atoms with Gasteiger partial charge in [-0.3, -0.25) is 4.79 Å². The summed E-state index contributed by atoms with van der Waals surface area (Å²) in [5.74, 6) is 2.70. The lowest BCUT2D eigenvalue weighted by Crippen LogP contribution is -2.33. The number of hydrogen-bond acceptors (Lipinski definition) is 1. The molecule has 0 fully saturated rings. The van der Waals surface area contributed by atoms with Crippen LogP contribution in [0.25, 0.3) is 0 Å². The quantitative estimate of drug-likeness (QED) is 0.441. The van der Waals surface area contributed by atoms with E-state index in [-0.39, 0.29) is 11.7 Å². The molecule has 0 saturated carbocycles. The van der Waals surface area contributed by atoms with Crippen LogP contribution in [0, 0.1) is 29.6 Å². The second-order valence-corrected chi connectivity index (χ2v) is 7.38. The molecule has 0 aromatic heterocycles. The predicted molar refractivity (Wildman–Crippen MR) is 99.1 cm³/mol. The molecule has 0 radical (unpaired) electrons. The zero-order valence-corrected chi connectivity index (χ0v) is 15.4. The Bertz CT molecular complexity index is 561. The van der Waals surface area contributed by atoms with Gasteiger partial charge in [0.2, 0.25) is 0 Å². The van der Waals surface area contributed by atoms with Crippen molar-refractivity contribution in [1.82, 2.24) is 0 Å².